The van der Waals surface area contributed by atoms with E-state index in [1.54, 1.807) is 44.3 Å². The molecule has 0 fully saturated rings. The number of carbonyl (C=O) groups excluding carboxylic acids is 1. The maximum atomic E-state index is 11.9. The lowest BCUT2D eigenvalue weighted by Crippen LogP contribution is -2.46. The highest BCUT2D eigenvalue weighted by atomic mass is 35.5. The van der Waals surface area contributed by atoms with Crippen molar-refractivity contribution in [1.82, 2.24) is 10.3 Å². The number of halogens is 1. The SMILES string of the molecule is CC(C)[C@@H](NC(=O)COc1ccc(Cl)c2cccnc12)C(=O)O. The van der Waals surface area contributed by atoms with Gasteiger partial charge in [0, 0.05) is 11.6 Å². The van der Waals surface area contributed by atoms with Gasteiger partial charge in [-0.05, 0) is 30.2 Å². The van der Waals surface area contributed by atoms with Crippen LogP contribution in [0, 0.1) is 5.92 Å². The molecule has 2 aromatic rings. The summed E-state index contributed by atoms with van der Waals surface area (Å²) in [7, 11) is 0. The number of amides is 1. The first-order chi connectivity index (χ1) is 10.9. The monoisotopic (exact) mass is 336 g/mol. The Bertz CT molecular complexity index is 733. The zero-order chi connectivity index (χ0) is 17.0. The van der Waals surface area contributed by atoms with Gasteiger partial charge in [0.15, 0.2) is 6.61 Å². The average molecular weight is 337 g/mol. The molecular weight excluding hydrogens is 320 g/mol. The van der Waals surface area contributed by atoms with Gasteiger partial charge in [-0.2, -0.15) is 0 Å². The second-order valence-corrected chi connectivity index (χ2v) is 5.77. The lowest BCUT2D eigenvalue weighted by molar-refractivity contribution is -0.143. The van der Waals surface area contributed by atoms with Gasteiger partial charge in [-0.1, -0.05) is 25.4 Å². The van der Waals surface area contributed by atoms with Crippen LogP contribution in [0.3, 0.4) is 0 Å². The summed E-state index contributed by atoms with van der Waals surface area (Å²) in [6.45, 7) is 3.14. The number of pyridine rings is 1. The third-order valence-corrected chi connectivity index (χ3v) is 3.62. The molecule has 1 atom stereocenters. The Balaban J connectivity index is 2.08. The topological polar surface area (TPSA) is 88.5 Å². The number of nitrogens with one attached hydrogen (secondary N) is 1. The molecule has 0 saturated carbocycles. The number of rotatable bonds is 6. The number of carboxylic acids is 1. The van der Waals surface area contributed by atoms with Crippen molar-refractivity contribution in [2.45, 2.75) is 19.9 Å². The molecule has 0 unspecified atom stereocenters. The predicted octanol–water partition coefficient (Wildman–Crippen LogP) is 2.49. The Morgan fingerprint density at radius 2 is 2.09 bits per heavy atom. The van der Waals surface area contributed by atoms with Gasteiger partial charge in [0.05, 0.1) is 5.02 Å². The number of hydrogen-bond acceptors (Lipinski definition) is 4. The molecule has 2 N–H and O–H groups in total. The Morgan fingerprint density at radius 1 is 1.35 bits per heavy atom. The predicted molar refractivity (Wildman–Crippen MR) is 86.7 cm³/mol. The molecule has 1 aromatic carbocycles. The third-order valence-electron chi connectivity index (χ3n) is 3.29. The van der Waals surface area contributed by atoms with Crippen LogP contribution in [0.15, 0.2) is 30.5 Å². The summed E-state index contributed by atoms with van der Waals surface area (Å²) in [6.07, 6.45) is 1.60. The minimum Gasteiger partial charge on any atom is -0.481 e. The Hall–Kier alpha value is -2.34. The van der Waals surface area contributed by atoms with Crippen LogP contribution in [0.2, 0.25) is 5.02 Å². The molecule has 0 bridgehead atoms. The summed E-state index contributed by atoms with van der Waals surface area (Å²) in [5.74, 6) is -1.40. The van der Waals surface area contributed by atoms with Gasteiger partial charge in [-0.25, -0.2) is 4.79 Å². The molecule has 1 amide bonds. The molecule has 0 aliphatic rings. The van der Waals surface area contributed by atoms with E-state index in [-0.39, 0.29) is 12.5 Å². The average Bonchev–Trinajstić information content (AvgIpc) is 2.51. The van der Waals surface area contributed by atoms with Crippen molar-refractivity contribution >= 4 is 34.4 Å². The summed E-state index contributed by atoms with van der Waals surface area (Å²) in [5, 5.41) is 12.8. The number of nitrogens with zero attached hydrogens (tertiary/aromatic N) is 1. The summed E-state index contributed by atoms with van der Waals surface area (Å²) >= 11 is 6.09. The lowest BCUT2D eigenvalue weighted by atomic mass is 10.1. The number of carboxylic acid groups (broad SMARTS) is 1. The van der Waals surface area contributed by atoms with E-state index in [4.69, 9.17) is 21.4 Å². The highest BCUT2D eigenvalue weighted by molar-refractivity contribution is 6.35. The molecule has 7 heteroatoms. The Labute approximate surface area is 138 Å². The van der Waals surface area contributed by atoms with Crippen molar-refractivity contribution in [2.24, 2.45) is 5.92 Å². The van der Waals surface area contributed by atoms with Gasteiger partial charge >= 0.3 is 5.97 Å². The van der Waals surface area contributed by atoms with Crippen molar-refractivity contribution in [3.8, 4) is 5.75 Å². The second kappa shape index (κ2) is 7.28. The van der Waals surface area contributed by atoms with E-state index in [2.05, 4.69) is 10.3 Å². The fraction of sp³-hybridized carbons (Fsp3) is 0.312. The second-order valence-electron chi connectivity index (χ2n) is 5.36. The smallest absolute Gasteiger partial charge is 0.326 e. The van der Waals surface area contributed by atoms with E-state index in [0.717, 1.165) is 5.39 Å². The molecule has 1 aromatic heterocycles. The first kappa shape index (κ1) is 17.0. The molecular formula is C16H17ClN2O4. The van der Waals surface area contributed by atoms with Crippen LogP contribution in [0.4, 0.5) is 0 Å². The van der Waals surface area contributed by atoms with Crippen molar-refractivity contribution in [3.63, 3.8) is 0 Å². The standard InChI is InChI=1S/C16H17ClN2O4/c1-9(2)14(16(21)22)19-13(20)8-23-12-6-5-11(17)10-4-3-7-18-15(10)12/h3-7,9,14H,8H2,1-2H3,(H,19,20)(H,21,22)/t14-/m1/s1. The first-order valence-corrected chi connectivity index (χ1v) is 7.46. The maximum absolute atomic E-state index is 11.9. The van der Waals surface area contributed by atoms with E-state index < -0.39 is 17.9 Å². The summed E-state index contributed by atoms with van der Waals surface area (Å²) in [4.78, 5) is 27.2. The molecule has 6 nitrogen and oxygen atoms in total. The first-order valence-electron chi connectivity index (χ1n) is 7.08. The van der Waals surface area contributed by atoms with Crippen molar-refractivity contribution in [2.75, 3.05) is 6.61 Å². The normalized spacial score (nSPS) is 12.2. The molecule has 23 heavy (non-hydrogen) atoms. The highest BCUT2D eigenvalue weighted by Gasteiger charge is 2.23. The number of hydrogen-bond donors (Lipinski definition) is 2. The fourth-order valence-corrected chi connectivity index (χ4v) is 2.32. The summed E-state index contributed by atoms with van der Waals surface area (Å²) in [6, 6.07) is 5.89. The van der Waals surface area contributed by atoms with Crippen LogP contribution in [0.25, 0.3) is 10.9 Å². The number of ether oxygens (including phenoxy) is 1. The van der Waals surface area contributed by atoms with Crippen LogP contribution < -0.4 is 10.1 Å². The van der Waals surface area contributed by atoms with Crippen LogP contribution in [0.1, 0.15) is 13.8 Å². The zero-order valence-corrected chi connectivity index (χ0v) is 13.5. The van der Waals surface area contributed by atoms with Crippen LogP contribution in [0.5, 0.6) is 5.75 Å². The molecule has 122 valence electrons. The van der Waals surface area contributed by atoms with Gasteiger partial charge in [0.2, 0.25) is 0 Å². The number of benzene rings is 1. The zero-order valence-electron chi connectivity index (χ0n) is 12.7. The largest absolute Gasteiger partial charge is 0.481 e. The minimum atomic E-state index is -1.08. The van der Waals surface area contributed by atoms with Crippen molar-refractivity contribution in [3.05, 3.63) is 35.5 Å². The number of fused-ring (bicyclic) bond motifs is 1. The van der Waals surface area contributed by atoms with Crippen LogP contribution >= 0.6 is 11.6 Å². The summed E-state index contributed by atoms with van der Waals surface area (Å²) in [5.41, 5.74) is 0.548. The molecule has 0 saturated heterocycles. The van der Waals surface area contributed by atoms with E-state index in [1.807, 2.05) is 0 Å². The Kier molecular flexibility index (Phi) is 5.39. The third kappa shape index (κ3) is 4.10. The van der Waals surface area contributed by atoms with Gasteiger partial charge in [-0.3, -0.25) is 9.78 Å². The molecule has 0 aliphatic carbocycles. The van der Waals surface area contributed by atoms with Gasteiger partial charge in [0.1, 0.15) is 17.3 Å². The quantitative estimate of drug-likeness (QED) is 0.846. The molecule has 1 heterocycles. The van der Waals surface area contributed by atoms with Crippen molar-refractivity contribution in [1.29, 1.82) is 0 Å². The summed E-state index contributed by atoms with van der Waals surface area (Å²) < 4.78 is 5.47. The van der Waals surface area contributed by atoms with Gasteiger partial charge < -0.3 is 15.2 Å². The van der Waals surface area contributed by atoms with Crippen molar-refractivity contribution < 1.29 is 19.4 Å². The van der Waals surface area contributed by atoms with E-state index in [1.165, 1.54) is 0 Å². The molecule has 2 rings (SSSR count). The van der Waals surface area contributed by atoms with E-state index in [9.17, 15) is 9.59 Å². The Morgan fingerprint density at radius 3 is 2.74 bits per heavy atom. The lowest BCUT2D eigenvalue weighted by Gasteiger charge is -2.18. The van der Waals surface area contributed by atoms with E-state index >= 15 is 0 Å². The van der Waals surface area contributed by atoms with Crippen LogP contribution in [-0.2, 0) is 9.59 Å². The number of carbonyl (C=O) groups is 2. The molecule has 0 spiro atoms. The number of aliphatic carboxylic acids is 1. The maximum Gasteiger partial charge on any atom is 0.326 e. The number of aromatic nitrogens is 1. The van der Waals surface area contributed by atoms with Gasteiger partial charge in [0.25, 0.3) is 5.91 Å². The van der Waals surface area contributed by atoms with Gasteiger partial charge in [-0.15, -0.1) is 0 Å². The molecule has 0 radical (unpaired) electrons. The van der Waals surface area contributed by atoms with E-state index in [0.29, 0.717) is 16.3 Å². The fourth-order valence-electron chi connectivity index (χ4n) is 2.10. The highest BCUT2D eigenvalue weighted by Crippen LogP contribution is 2.29. The molecule has 0 aliphatic heterocycles. The van der Waals surface area contributed by atoms with Crippen LogP contribution in [-0.4, -0.2) is 34.6 Å². The minimum absolute atomic E-state index is 0.227.